The number of aliphatic hydroxyl groups excluding tert-OH is 1. The van der Waals surface area contributed by atoms with E-state index < -0.39 is 2.14 Å². The van der Waals surface area contributed by atoms with Crippen molar-refractivity contribution in [3.05, 3.63) is 0 Å². The summed E-state index contributed by atoms with van der Waals surface area (Å²) in [5.41, 5.74) is 0. The maximum absolute atomic E-state index is 9.44. The molecule has 0 fully saturated rings. The number of hydrogen-bond donors (Lipinski definition) is 1. The molecule has 62 valence electrons. The van der Waals surface area contributed by atoms with Gasteiger partial charge in [0.1, 0.15) is 5.78 Å². The van der Waals surface area contributed by atoms with Gasteiger partial charge in [-0.2, -0.15) is 0 Å². The molecule has 0 rings (SSSR count). The predicted octanol–water partition coefficient (Wildman–Crippen LogP) is 2.41. The van der Waals surface area contributed by atoms with E-state index in [1.165, 1.54) is 13.8 Å². The fraction of sp³-hybridized carbons (Fsp3) is 0.800. The molecule has 0 aromatic heterocycles. The molecule has 2 nitrogen and oxygen atoms in total. The third-order valence-corrected chi connectivity index (χ3v) is 0.932. The van der Waals surface area contributed by atoms with Crippen LogP contribution in [0, 0.1) is 0 Å². The Morgan fingerprint density at radius 2 is 1.50 bits per heavy atom. The van der Waals surface area contributed by atoms with E-state index in [0.717, 1.165) is 0 Å². The van der Waals surface area contributed by atoms with Gasteiger partial charge in [-0.15, -0.1) is 0 Å². The Labute approximate surface area is 85.8 Å². The van der Waals surface area contributed by atoms with Crippen LogP contribution in [-0.4, -0.2) is 19.6 Å². The summed E-state index contributed by atoms with van der Waals surface area (Å²) in [5, 5.41) is 8.26. The molecule has 0 heterocycles. The third-order valence-electron chi connectivity index (χ3n) is 0.179. The molecular formula is C5H9Br3O2. The molecule has 0 atom stereocenters. The SMILES string of the molecule is CC(C)=O.OCC(Br)(Br)Br. The van der Waals surface area contributed by atoms with E-state index in [2.05, 4.69) is 47.8 Å². The van der Waals surface area contributed by atoms with E-state index in [1.807, 2.05) is 0 Å². The number of carbonyl (C=O) groups excluding carboxylic acids is 1. The van der Waals surface area contributed by atoms with Gasteiger partial charge in [-0.3, -0.25) is 0 Å². The van der Waals surface area contributed by atoms with Crippen LogP contribution >= 0.6 is 47.8 Å². The van der Waals surface area contributed by atoms with Crippen LogP contribution in [0.5, 0.6) is 0 Å². The van der Waals surface area contributed by atoms with Gasteiger partial charge in [0.25, 0.3) is 0 Å². The van der Waals surface area contributed by atoms with Crippen molar-refractivity contribution in [2.24, 2.45) is 0 Å². The Morgan fingerprint density at radius 1 is 1.40 bits per heavy atom. The molecule has 0 radical (unpaired) electrons. The Hall–Kier alpha value is 1.07. The molecule has 0 aromatic carbocycles. The van der Waals surface area contributed by atoms with E-state index >= 15 is 0 Å². The van der Waals surface area contributed by atoms with E-state index in [4.69, 9.17) is 5.11 Å². The van der Waals surface area contributed by atoms with Crippen molar-refractivity contribution < 1.29 is 9.90 Å². The molecule has 0 unspecified atom stereocenters. The zero-order chi connectivity index (χ0) is 8.78. The number of alkyl halides is 3. The molecule has 0 aliphatic carbocycles. The Balaban J connectivity index is 0. The number of carbonyl (C=O) groups is 1. The number of rotatable bonds is 0. The molecule has 0 saturated carbocycles. The van der Waals surface area contributed by atoms with Crippen LogP contribution in [0.1, 0.15) is 13.8 Å². The van der Waals surface area contributed by atoms with Gasteiger partial charge in [-0.25, -0.2) is 0 Å². The van der Waals surface area contributed by atoms with Crippen LogP contribution in [0.2, 0.25) is 0 Å². The molecule has 0 amide bonds. The smallest absolute Gasteiger partial charge is 0.157 e. The normalized spacial score (nSPS) is 9.80. The van der Waals surface area contributed by atoms with Crippen molar-refractivity contribution in [3.63, 3.8) is 0 Å². The summed E-state index contributed by atoms with van der Waals surface area (Å²) in [6.45, 7) is 3.08. The Bertz CT molecular complexity index is 93.6. The predicted molar refractivity (Wildman–Crippen MR) is 53.0 cm³/mol. The number of aliphatic hydroxyl groups is 1. The summed E-state index contributed by atoms with van der Waals surface area (Å²) in [4.78, 5) is 9.44. The second-order valence-electron chi connectivity index (χ2n) is 1.68. The molecule has 0 spiro atoms. The first-order valence-electron chi connectivity index (χ1n) is 2.44. The third kappa shape index (κ3) is 35.7. The lowest BCUT2D eigenvalue weighted by Gasteiger charge is -2.03. The molecule has 5 heteroatoms. The molecule has 0 bridgehead atoms. The van der Waals surface area contributed by atoms with Gasteiger partial charge < -0.3 is 9.90 Å². The molecule has 0 saturated heterocycles. The summed E-state index contributed by atoms with van der Waals surface area (Å²) in [6.07, 6.45) is 0. The molecule has 0 aromatic rings. The average Bonchev–Trinajstić information content (AvgIpc) is 1.63. The highest BCUT2D eigenvalue weighted by atomic mass is 80.0. The molecular weight excluding hydrogens is 332 g/mol. The fourth-order valence-electron chi connectivity index (χ4n) is 0. The van der Waals surface area contributed by atoms with E-state index in [-0.39, 0.29) is 12.4 Å². The van der Waals surface area contributed by atoms with Crippen LogP contribution < -0.4 is 0 Å². The highest BCUT2D eigenvalue weighted by Gasteiger charge is 2.13. The molecule has 0 aliphatic rings. The first-order chi connectivity index (χ1) is 4.29. The fourth-order valence-corrected chi connectivity index (χ4v) is 0. The number of ketones is 1. The molecule has 10 heavy (non-hydrogen) atoms. The summed E-state index contributed by atoms with van der Waals surface area (Å²) in [6, 6.07) is 0. The second-order valence-corrected chi connectivity index (χ2v) is 8.94. The van der Waals surface area contributed by atoms with Gasteiger partial charge in [0, 0.05) is 0 Å². The highest BCUT2D eigenvalue weighted by molar-refractivity contribution is 9.39. The minimum Gasteiger partial charge on any atom is -0.393 e. The van der Waals surface area contributed by atoms with E-state index in [0.29, 0.717) is 0 Å². The highest BCUT2D eigenvalue weighted by Crippen LogP contribution is 2.31. The lowest BCUT2D eigenvalue weighted by molar-refractivity contribution is -0.114. The van der Waals surface area contributed by atoms with E-state index in [1.54, 1.807) is 0 Å². The summed E-state index contributed by atoms with van der Waals surface area (Å²) in [7, 11) is 0. The van der Waals surface area contributed by atoms with Gasteiger partial charge in [-0.1, -0.05) is 47.8 Å². The number of Topliss-reactive ketones (excluding diaryl/α,β-unsaturated/α-hetero) is 1. The maximum Gasteiger partial charge on any atom is 0.157 e. The first-order valence-corrected chi connectivity index (χ1v) is 4.82. The van der Waals surface area contributed by atoms with Crippen molar-refractivity contribution in [2.45, 2.75) is 16.0 Å². The molecule has 0 aliphatic heterocycles. The first kappa shape index (κ1) is 13.6. The van der Waals surface area contributed by atoms with Gasteiger partial charge in [-0.05, 0) is 13.8 Å². The zero-order valence-electron chi connectivity index (χ0n) is 5.70. The van der Waals surface area contributed by atoms with Gasteiger partial charge in [0.2, 0.25) is 0 Å². The van der Waals surface area contributed by atoms with E-state index in [9.17, 15) is 4.79 Å². The Morgan fingerprint density at radius 3 is 1.50 bits per heavy atom. The van der Waals surface area contributed by atoms with Crippen molar-refractivity contribution in [1.82, 2.24) is 0 Å². The minimum atomic E-state index is -0.465. The average molecular weight is 341 g/mol. The maximum atomic E-state index is 9.44. The summed E-state index contributed by atoms with van der Waals surface area (Å²) in [5.74, 6) is 0.167. The van der Waals surface area contributed by atoms with Crippen molar-refractivity contribution in [2.75, 3.05) is 6.61 Å². The summed E-state index contributed by atoms with van der Waals surface area (Å²) >= 11 is 9.18. The lowest BCUT2D eigenvalue weighted by atomic mass is 10.6. The topological polar surface area (TPSA) is 37.3 Å². The van der Waals surface area contributed by atoms with Crippen molar-refractivity contribution >= 4 is 53.6 Å². The van der Waals surface area contributed by atoms with Crippen LogP contribution in [-0.2, 0) is 4.79 Å². The van der Waals surface area contributed by atoms with Crippen LogP contribution in [0.15, 0.2) is 0 Å². The van der Waals surface area contributed by atoms with Crippen LogP contribution in [0.4, 0.5) is 0 Å². The number of halogens is 3. The van der Waals surface area contributed by atoms with Gasteiger partial charge in [0.05, 0.1) is 6.61 Å². The van der Waals surface area contributed by atoms with Crippen LogP contribution in [0.3, 0.4) is 0 Å². The van der Waals surface area contributed by atoms with Gasteiger partial charge in [0.15, 0.2) is 2.14 Å². The monoisotopic (exact) mass is 338 g/mol. The second kappa shape index (κ2) is 6.76. The zero-order valence-corrected chi connectivity index (χ0v) is 10.5. The van der Waals surface area contributed by atoms with Crippen molar-refractivity contribution in [1.29, 1.82) is 0 Å². The standard InChI is InChI=1S/C3H6O.C2H3Br3O/c1-3(2)4;3-2(4,5)1-6/h1-2H3;6H,1H2. The van der Waals surface area contributed by atoms with Gasteiger partial charge >= 0.3 is 0 Å². The molecule has 1 N–H and O–H groups in total. The van der Waals surface area contributed by atoms with Crippen LogP contribution in [0.25, 0.3) is 0 Å². The van der Waals surface area contributed by atoms with Crippen molar-refractivity contribution in [3.8, 4) is 0 Å². The Kier molecular flexibility index (Phi) is 9.22. The quantitative estimate of drug-likeness (QED) is 0.688. The minimum absolute atomic E-state index is 0.0208. The largest absolute Gasteiger partial charge is 0.393 e. The number of hydrogen-bond acceptors (Lipinski definition) is 2. The summed E-state index contributed by atoms with van der Waals surface area (Å²) < 4.78 is -0.465. The lowest BCUT2D eigenvalue weighted by Crippen LogP contribution is -2.04.